The van der Waals surface area contributed by atoms with Gasteiger partial charge in [0.05, 0.1) is 5.41 Å². The maximum atomic E-state index is 13.7. The van der Waals surface area contributed by atoms with Crippen LogP contribution in [-0.2, 0) is 19.6 Å². The van der Waals surface area contributed by atoms with E-state index in [0.717, 1.165) is 12.1 Å². The Labute approximate surface area is 146 Å². The molecule has 1 rings (SSSR count). The fourth-order valence-corrected chi connectivity index (χ4v) is 3.30. The fraction of sp³-hybridized carbons (Fsp3) is 0.500. The van der Waals surface area contributed by atoms with Crippen LogP contribution in [0.4, 0.5) is 4.39 Å². The molecular weight excluding hydrogens is 351 g/mol. The average molecular weight is 374 g/mol. The monoisotopic (exact) mass is 374 g/mol. The molecule has 1 aromatic carbocycles. The predicted octanol–water partition coefficient (Wildman–Crippen LogP) is 1.36. The number of carbonyl (C=O) groups is 2. The number of benzene rings is 1. The van der Waals surface area contributed by atoms with Crippen LogP contribution in [0, 0.1) is 17.2 Å². The van der Waals surface area contributed by atoms with E-state index in [9.17, 15) is 22.4 Å². The lowest BCUT2D eigenvalue weighted by Crippen LogP contribution is -2.52. The Morgan fingerprint density at radius 3 is 2.28 bits per heavy atom. The summed E-state index contributed by atoms with van der Waals surface area (Å²) in [6, 6.07) is 3.66. The molecule has 0 spiro atoms. The molecule has 0 saturated heterocycles. The first kappa shape index (κ1) is 21.0. The van der Waals surface area contributed by atoms with E-state index in [2.05, 4.69) is 10.0 Å². The summed E-state index contributed by atoms with van der Waals surface area (Å²) in [4.78, 5) is 22.9. The highest BCUT2D eigenvalue weighted by atomic mass is 32.2. The van der Waals surface area contributed by atoms with Crippen molar-refractivity contribution < 1.29 is 27.5 Å². The van der Waals surface area contributed by atoms with Crippen molar-refractivity contribution in [3.63, 3.8) is 0 Å². The molecule has 1 unspecified atom stereocenters. The van der Waals surface area contributed by atoms with Gasteiger partial charge < -0.3 is 10.4 Å². The second-order valence-corrected chi connectivity index (χ2v) is 8.36. The number of rotatable bonds is 8. The van der Waals surface area contributed by atoms with E-state index >= 15 is 0 Å². The van der Waals surface area contributed by atoms with Crippen LogP contribution in [0.15, 0.2) is 29.2 Å². The summed E-state index contributed by atoms with van der Waals surface area (Å²) in [6.45, 7) is 5.94. The highest BCUT2D eigenvalue weighted by molar-refractivity contribution is 7.89. The molecule has 1 aromatic rings. The quantitative estimate of drug-likeness (QED) is 0.636. The zero-order valence-electron chi connectivity index (χ0n) is 14.5. The van der Waals surface area contributed by atoms with Gasteiger partial charge in [0.2, 0.25) is 15.9 Å². The van der Waals surface area contributed by atoms with Crippen molar-refractivity contribution in [2.24, 2.45) is 11.3 Å². The molecule has 0 aliphatic heterocycles. The van der Waals surface area contributed by atoms with Crippen LogP contribution < -0.4 is 10.0 Å². The van der Waals surface area contributed by atoms with E-state index in [4.69, 9.17) is 5.11 Å². The highest BCUT2D eigenvalue weighted by Crippen LogP contribution is 2.17. The van der Waals surface area contributed by atoms with Gasteiger partial charge in [-0.05, 0) is 31.9 Å². The Morgan fingerprint density at radius 1 is 1.24 bits per heavy atom. The third kappa shape index (κ3) is 5.50. The maximum absolute atomic E-state index is 13.7. The molecule has 0 aliphatic carbocycles. The van der Waals surface area contributed by atoms with Gasteiger partial charge in [-0.3, -0.25) is 9.59 Å². The molecule has 3 N–H and O–H groups in total. The summed E-state index contributed by atoms with van der Waals surface area (Å²) in [5.74, 6) is -3.13. The van der Waals surface area contributed by atoms with Crippen molar-refractivity contribution in [3.8, 4) is 0 Å². The first-order chi connectivity index (χ1) is 11.4. The molecule has 0 aromatic heterocycles. The largest absolute Gasteiger partial charge is 0.481 e. The van der Waals surface area contributed by atoms with Gasteiger partial charge in [0.25, 0.3) is 0 Å². The van der Waals surface area contributed by atoms with Crippen molar-refractivity contribution in [2.75, 3.05) is 6.54 Å². The Hall–Kier alpha value is -2.00. The summed E-state index contributed by atoms with van der Waals surface area (Å²) in [5.41, 5.74) is -1.21. The molecular formula is C16H23FN2O5S. The molecule has 0 heterocycles. The van der Waals surface area contributed by atoms with Crippen LogP contribution in [0.2, 0.25) is 0 Å². The zero-order valence-corrected chi connectivity index (χ0v) is 15.4. The maximum Gasteiger partial charge on any atom is 0.310 e. The lowest BCUT2D eigenvalue weighted by Gasteiger charge is -2.25. The molecule has 25 heavy (non-hydrogen) atoms. The van der Waals surface area contributed by atoms with E-state index in [1.54, 1.807) is 13.8 Å². The number of amides is 1. The summed E-state index contributed by atoms with van der Waals surface area (Å²) in [7, 11) is -4.25. The van der Waals surface area contributed by atoms with Crippen LogP contribution in [0.5, 0.6) is 0 Å². The van der Waals surface area contributed by atoms with E-state index in [1.807, 2.05) is 0 Å². The number of sulfonamides is 1. The SMILES string of the molecule is CC(C)C(NS(=O)(=O)c1ccccc1F)C(=O)NCC(C)(C)C(=O)O. The molecule has 9 heteroatoms. The summed E-state index contributed by atoms with van der Waals surface area (Å²) in [5, 5.41) is 11.5. The van der Waals surface area contributed by atoms with Gasteiger partial charge in [0.15, 0.2) is 0 Å². The standard InChI is InChI=1S/C16H23FN2O5S/c1-10(2)13(14(20)18-9-16(3,4)15(21)22)19-25(23,24)12-8-6-5-7-11(12)17/h5-8,10,13,19H,9H2,1-4H3,(H,18,20)(H,21,22). The first-order valence-electron chi connectivity index (χ1n) is 7.66. The number of halogens is 1. The predicted molar refractivity (Wildman–Crippen MR) is 89.8 cm³/mol. The summed E-state index contributed by atoms with van der Waals surface area (Å²) < 4.78 is 40.6. The molecule has 1 amide bonds. The van der Waals surface area contributed by atoms with Gasteiger partial charge in [-0.15, -0.1) is 0 Å². The highest BCUT2D eigenvalue weighted by Gasteiger charge is 2.32. The topological polar surface area (TPSA) is 113 Å². The van der Waals surface area contributed by atoms with Crippen LogP contribution >= 0.6 is 0 Å². The molecule has 7 nitrogen and oxygen atoms in total. The number of carboxylic acid groups (broad SMARTS) is 1. The molecule has 0 aliphatic rings. The number of carbonyl (C=O) groups excluding carboxylic acids is 1. The second kappa shape index (κ2) is 7.92. The van der Waals surface area contributed by atoms with Crippen molar-refractivity contribution in [2.45, 2.75) is 38.6 Å². The van der Waals surface area contributed by atoms with Crippen molar-refractivity contribution in [1.29, 1.82) is 0 Å². The average Bonchev–Trinajstić information content (AvgIpc) is 2.50. The van der Waals surface area contributed by atoms with Crippen LogP contribution in [0.25, 0.3) is 0 Å². The van der Waals surface area contributed by atoms with E-state index in [1.165, 1.54) is 26.0 Å². The number of aliphatic carboxylic acids is 1. The van der Waals surface area contributed by atoms with Crippen molar-refractivity contribution in [1.82, 2.24) is 10.0 Å². The minimum atomic E-state index is -4.25. The second-order valence-electron chi connectivity index (χ2n) is 6.68. The molecule has 0 fully saturated rings. The number of hydrogen-bond donors (Lipinski definition) is 3. The Bertz CT molecular complexity index is 747. The number of hydrogen-bond acceptors (Lipinski definition) is 4. The normalized spacial score (nSPS) is 13.5. The fourth-order valence-electron chi connectivity index (χ4n) is 1.88. The Morgan fingerprint density at radius 2 is 1.80 bits per heavy atom. The van der Waals surface area contributed by atoms with Gasteiger partial charge in [0.1, 0.15) is 16.8 Å². The molecule has 0 saturated carbocycles. The zero-order chi connectivity index (χ0) is 19.4. The van der Waals surface area contributed by atoms with Gasteiger partial charge in [-0.1, -0.05) is 26.0 Å². The van der Waals surface area contributed by atoms with Crippen molar-refractivity contribution >= 4 is 21.9 Å². The summed E-state index contributed by atoms with van der Waals surface area (Å²) in [6.07, 6.45) is 0. The third-order valence-electron chi connectivity index (χ3n) is 3.64. The van der Waals surface area contributed by atoms with Gasteiger partial charge in [-0.25, -0.2) is 12.8 Å². The third-order valence-corrected chi connectivity index (χ3v) is 5.12. The lowest BCUT2D eigenvalue weighted by molar-refractivity contribution is -0.146. The van der Waals surface area contributed by atoms with Gasteiger partial charge in [-0.2, -0.15) is 4.72 Å². The molecule has 0 radical (unpaired) electrons. The number of carboxylic acids is 1. The molecule has 140 valence electrons. The minimum Gasteiger partial charge on any atom is -0.481 e. The number of nitrogens with one attached hydrogen (secondary N) is 2. The van der Waals surface area contributed by atoms with Crippen molar-refractivity contribution in [3.05, 3.63) is 30.1 Å². The molecule has 0 bridgehead atoms. The lowest BCUT2D eigenvalue weighted by atomic mass is 9.93. The van der Waals surface area contributed by atoms with Crippen LogP contribution in [0.1, 0.15) is 27.7 Å². The van der Waals surface area contributed by atoms with Crippen LogP contribution in [0.3, 0.4) is 0 Å². The van der Waals surface area contributed by atoms with Crippen LogP contribution in [-0.4, -0.2) is 38.0 Å². The van der Waals surface area contributed by atoms with E-state index in [0.29, 0.717) is 0 Å². The smallest absolute Gasteiger partial charge is 0.310 e. The minimum absolute atomic E-state index is 0.175. The summed E-state index contributed by atoms with van der Waals surface area (Å²) >= 11 is 0. The van der Waals surface area contributed by atoms with Gasteiger partial charge in [0, 0.05) is 6.54 Å². The molecule has 1 atom stereocenters. The Balaban J connectivity index is 2.96. The Kier molecular flexibility index (Phi) is 6.67. The first-order valence-corrected chi connectivity index (χ1v) is 9.15. The van der Waals surface area contributed by atoms with E-state index < -0.39 is 50.0 Å². The van der Waals surface area contributed by atoms with Gasteiger partial charge >= 0.3 is 5.97 Å². The van der Waals surface area contributed by atoms with E-state index in [-0.39, 0.29) is 6.54 Å².